The first kappa shape index (κ1) is 18.6. The van der Waals surface area contributed by atoms with Gasteiger partial charge in [-0.15, -0.1) is 0 Å². The van der Waals surface area contributed by atoms with Gasteiger partial charge in [0.1, 0.15) is 0 Å². The van der Waals surface area contributed by atoms with E-state index < -0.39 is 11.9 Å². The number of carbonyl (C=O) groups is 4. The Labute approximate surface area is 166 Å². The summed E-state index contributed by atoms with van der Waals surface area (Å²) < 4.78 is 0. The van der Waals surface area contributed by atoms with Gasteiger partial charge in [-0.25, -0.2) is 4.79 Å². The Balaban J connectivity index is 1.54. The number of imide groups is 1. The van der Waals surface area contributed by atoms with Gasteiger partial charge in [-0.2, -0.15) is 0 Å². The van der Waals surface area contributed by atoms with Gasteiger partial charge in [0.05, 0.1) is 23.1 Å². The largest absolute Gasteiger partial charge is 0.478 e. The lowest BCUT2D eigenvalue weighted by Crippen LogP contribution is -2.31. The molecule has 29 heavy (non-hydrogen) atoms. The molecule has 4 rings (SSSR count). The van der Waals surface area contributed by atoms with Gasteiger partial charge >= 0.3 is 5.97 Å². The van der Waals surface area contributed by atoms with Gasteiger partial charge in [-0.3, -0.25) is 19.3 Å². The SMILES string of the molecule is O=C(O)c1ccc(NC(=O)c2cccc(N3C(=O)C4CC=CCC4C3=O)c2)cc1. The predicted octanol–water partition coefficient (Wildman–Crippen LogP) is 3.09. The summed E-state index contributed by atoms with van der Waals surface area (Å²) in [4.78, 5) is 50.1. The van der Waals surface area contributed by atoms with Crippen molar-refractivity contribution in [2.75, 3.05) is 10.2 Å². The van der Waals surface area contributed by atoms with Crippen LogP contribution in [-0.4, -0.2) is 28.8 Å². The minimum absolute atomic E-state index is 0.118. The molecule has 1 fully saturated rings. The Kier molecular flexibility index (Phi) is 4.72. The van der Waals surface area contributed by atoms with E-state index in [4.69, 9.17) is 5.11 Å². The molecule has 0 saturated carbocycles. The number of aromatic carboxylic acids is 1. The zero-order chi connectivity index (χ0) is 20.5. The van der Waals surface area contributed by atoms with Crippen LogP contribution in [0.5, 0.6) is 0 Å². The summed E-state index contributed by atoms with van der Waals surface area (Å²) in [5.74, 6) is -2.60. The van der Waals surface area contributed by atoms with E-state index in [1.54, 1.807) is 18.2 Å². The molecule has 2 atom stereocenters. The third-order valence-electron chi connectivity index (χ3n) is 5.26. The lowest BCUT2D eigenvalue weighted by molar-refractivity contribution is -0.122. The zero-order valence-corrected chi connectivity index (χ0v) is 15.4. The van der Waals surface area contributed by atoms with Crippen molar-refractivity contribution in [1.82, 2.24) is 0 Å². The van der Waals surface area contributed by atoms with E-state index in [1.165, 1.54) is 35.2 Å². The summed E-state index contributed by atoms with van der Waals surface area (Å²) in [5.41, 5.74) is 1.23. The molecule has 0 spiro atoms. The number of carboxylic acid groups (broad SMARTS) is 1. The molecule has 1 saturated heterocycles. The maximum absolute atomic E-state index is 12.7. The summed E-state index contributed by atoms with van der Waals surface area (Å²) in [6.07, 6.45) is 4.96. The summed E-state index contributed by atoms with van der Waals surface area (Å²) >= 11 is 0. The number of nitrogens with one attached hydrogen (secondary N) is 1. The van der Waals surface area contributed by atoms with Crippen LogP contribution in [-0.2, 0) is 9.59 Å². The Morgan fingerprint density at radius 2 is 1.52 bits per heavy atom. The van der Waals surface area contributed by atoms with Crippen molar-refractivity contribution < 1.29 is 24.3 Å². The van der Waals surface area contributed by atoms with Crippen LogP contribution in [0.2, 0.25) is 0 Å². The second-order valence-electron chi connectivity index (χ2n) is 7.05. The lowest BCUT2D eigenvalue weighted by Gasteiger charge is -2.16. The van der Waals surface area contributed by atoms with Crippen LogP contribution in [0.4, 0.5) is 11.4 Å². The van der Waals surface area contributed by atoms with Gasteiger partial charge in [0.15, 0.2) is 0 Å². The monoisotopic (exact) mass is 390 g/mol. The smallest absolute Gasteiger partial charge is 0.335 e. The standard InChI is InChI=1S/C22H18N2O5/c25-19(23-15-10-8-13(9-11-15)22(28)29)14-4-3-5-16(12-14)24-20(26)17-6-1-2-7-18(17)21(24)27/h1-5,8-12,17-18H,6-7H2,(H,23,25)(H,28,29). The van der Waals surface area contributed by atoms with Gasteiger partial charge in [-0.05, 0) is 55.3 Å². The molecule has 1 heterocycles. The topological polar surface area (TPSA) is 104 Å². The highest BCUT2D eigenvalue weighted by Gasteiger charge is 2.47. The quantitative estimate of drug-likeness (QED) is 0.617. The molecule has 2 aliphatic rings. The molecule has 2 aromatic carbocycles. The maximum atomic E-state index is 12.7. The molecule has 1 aliphatic heterocycles. The second kappa shape index (κ2) is 7.35. The number of carboxylic acids is 1. The van der Waals surface area contributed by atoms with E-state index in [0.717, 1.165) is 0 Å². The molecule has 1 aliphatic carbocycles. The molecule has 0 radical (unpaired) electrons. The van der Waals surface area contributed by atoms with E-state index in [0.29, 0.717) is 29.8 Å². The average molecular weight is 390 g/mol. The number of nitrogens with zero attached hydrogens (tertiary/aromatic N) is 1. The third-order valence-corrected chi connectivity index (χ3v) is 5.26. The van der Waals surface area contributed by atoms with Crippen molar-refractivity contribution in [3.8, 4) is 0 Å². The molecule has 2 unspecified atom stereocenters. The van der Waals surface area contributed by atoms with E-state index in [-0.39, 0.29) is 29.2 Å². The maximum Gasteiger partial charge on any atom is 0.335 e. The fraction of sp³-hybridized carbons (Fsp3) is 0.182. The predicted molar refractivity (Wildman–Crippen MR) is 106 cm³/mol. The van der Waals surface area contributed by atoms with Gasteiger partial charge in [-0.1, -0.05) is 18.2 Å². The van der Waals surface area contributed by atoms with Crippen LogP contribution in [0.15, 0.2) is 60.7 Å². The first-order valence-corrected chi connectivity index (χ1v) is 9.23. The lowest BCUT2D eigenvalue weighted by atomic mass is 9.85. The first-order valence-electron chi connectivity index (χ1n) is 9.23. The molecular formula is C22H18N2O5. The molecular weight excluding hydrogens is 372 g/mol. The number of anilines is 2. The summed E-state index contributed by atoms with van der Waals surface area (Å²) in [6, 6.07) is 12.1. The molecule has 7 nitrogen and oxygen atoms in total. The average Bonchev–Trinajstić information content (AvgIpc) is 2.99. The number of hydrogen-bond acceptors (Lipinski definition) is 4. The normalized spacial score (nSPS) is 20.5. The van der Waals surface area contributed by atoms with E-state index in [9.17, 15) is 19.2 Å². The van der Waals surface area contributed by atoms with Crippen LogP contribution in [0.25, 0.3) is 0 Å². The van der Waals surface area contributed by atoms with Crippen molar-refractivity contribution >= 4 is 35.1 Å². The number of fused-ring (bicyclic) bond motifs is 1. The highest BCUT2D eigenvalue weighted by molar-refractivity contribution is 6.22. The number of amides is 3. The molecule has 0 aromatic heterocycles. The number of allylic oxidation sites excluding steroid dienone is 2. The Morgan fingerprint density at radius 3 is 2.10 bits per heavy atom. The second-order valence-corrected chi connectivity index (χ2v) is 7.05. The highest BCUT2D eigenvalue weighted by atomic mass is 16.4. The van der Waals surface area contributed by atoms with Crippen LogP contribution >= 0.6 is 0 Å². The number of hydrogen-bond donors (Lipinski definition) is 2. The zero-order valence-electron chi connectivity index (χ0n) is 15.4. The molecule has 0 bridgehead atoms. The summed E-state index contributed by atoms with van der Waals surface area (Å²) in [6.45, 7) is 0. The van der Waals surface area contributed by atoms with Crippen LogP contribution in [0.1, 0.15) is 33.6 Å². The molecule has 2 N–H and O–H groups in total. The van der Waals surface area contributed by atoms with Gasteiger partial charge in [0, 0.05) is 11.3 Å². The number of benzene rings is 2. The van der Waals surface area contributed by atoms with E-state index in [1.807, 2.05) is 12.2 Å². The minimum Gasteiger partial charge on any atom is -0.478 e. The minimum atomic E-state index is -1.05. The summed E-state index contributed by atoms with van der Waals surface area (Å²) in [7, 11) is 0. The van der Waals surface area contributed by atoms with Crippen molar-refractivity contribution in [3.05, 3.63) is 71.8 Å². The Hall–Kier alpha value is -3.74. The van der Waals surface area contributed by atoms with Crippen LogP contribution < -0.4 is 10.2 Å². The summed E-state index contributed by atoms with van der Waals surface area (Å²) in [5, 5.41) is 11.6. The fourth-order valence-corrected chi connectivity index (χ4v) is 3.74. The molecule has 7 heteroatoms. The molecule has 2 aromatic rings. The van der Waals surface area contributed by atoms with Gasteiger partial charge in [0.25, 0.3) is 5.91 Å². The van der Waals surface area contributed by atoms with Gasteiger partial charge in [0.2, 0.25) is 11.8 Å². The third kappa shape index (κ3) is 3.42. The first-order chi connectivity index (χ1) is 14.0. The van der Waals surface area contributed by atoms with Crippen molar-refractivity contribution in [1.29, 1.82) is 0 Å². The number of rotatable bonds is 4. The van der Waals surface area contributed by atoms with Crippen molar-refractivity contribution in [3.63, 3.8) is 0 Å². The molecule has 3 amide bonds. The highest BCUT2D eigenvalue weighted by Crippen LogP contribution is 2.37. The van der Waals surface area contributed by atoms with Crippen molar-refractivity contribution in [2.45, 2.75) is 12.8 Å². The van der Waals surface area contributed by atoms with E-state index in [2.05, 4.69) is 5.32 Å². The van der Waals surface area contributed by atoms with E-state index >= 15 is 0 Å². The number of carbonyl (C=O) groups excluding carboxylic acids is 3. The van der Waals surface area contributed by atoms with Gasteiger partial charge < -0.3 is 10.4 Å². The Bertz CT molecular complexity index is 1020. The van der Waals surface area contributed by atoms with Crippen molar-refractivity contribution in [2.24, 2.45) is 11.8 Å². The Morgan fingerprint density at radius 1 is 0.897 bits per heavy atom. The fourth-order valence-electron chi connectivity index (χ4n) is 3.74. The molecule has 146 valence electrons. The van der Waals surface area contributed by atoms with Crippen LogP contribution in [0, 0.1) is 11.8 Å². The van der Waals surface area contributed by atoms with Crippen LogP contribution in [0.3, 0.4) is 0 Å².